The maximum Gasteiger partial charge on any atom is 0.417 e. The summed E-state index contributed by atoms with van der Waals surface area (Å²) in [7, 11) is 1.61. The number of rotatable bonds is 5. The molecule has 2 aromatic heterocycles. The molecule has 1 aromatic carbocycles. The third kappa shape index (κ3) is 4.68. The van der Waals surface area contributed by atoms with Crippen LogP contribution in [0.1, 0.15) is 31.2 Å². The summed E-state index contributed by atoms with van der Waals surface area (Å²) < 4.78 is 48.8. The Kier molecular flexibility index (Phi) is 6.11. The zero-order valence-corrected chi connectivity index (χ0v) is 20.3. The van der Waals surface area contributed by atoms with E-state index in [1.165, 1.54) is 36.3 Å². The average Bonchev–Trinajstić information content (AvgIpc) is 3.50. The van der Waals surface area contributed by atoms with E-state index in [0.29, 0.717) is 29.2 Å². The van der Waals surface area contributed by atoms with Crippen LogP contribution in [0.5, 0.6) is 0 Å². The van der Waals surface area contributed by atoms with Crippen molar-refractivity contribution in [1.29, 1.82) is 0 Å². The molecule has 3 aliphatic rings. The highest BCUT2D eigenvalue weighted by atomic mass is 19.4. The molecule has 7 nitrogen and oxygen atoms in total. The first-order valence-corrected chi connectivity index (χ1v) is 12.8. The van der Waals surface area contributed by atoms with Gasteiger partial charge in [-0.2, -0.15) is 18.3 Å². The normalized spacial score (nSPS) is 24.0. The molecule has 0 amide bonds. The predicted molar refractivity (Wildman–Crippen MR) is 130 cm³/mol. The van der Waals surface area contributed by atoms with E-state index in [-0.39, 0.29) is 16.6 Å². The molecule has 2 atom stereocenters. The van der Waals surface area contributed by atoms with Gasteiger partial charge in [-0.25, -0.2) is 0 Å². The number of ether oxygens (including phenoxy) is 1. The van der Waals surface area contributed by atoms with Gasteiger partial charge in [0.05, 0.1) is 16.8 Å². The number of hydrogen-bond acceptors (Lipinski definition) is 6. The van der Waals surface area contributed by atoms with Crippen molar-refractivity contribution in [1.82, 2.24) is 24.9 Å². The fraction of sp³-hybridized carbons (Fsp3) is 0.577. The van der Waals surface area contributed by atoms with Crippen molar-refractivity contribution in [2.45, 2.75) is 37.9 Å². The molecule has 1 N–H and O–H groups in total. The number of alkyl halides is 3. The highest BCUT2D eigenvalue weighted by Gasteiger charge is 2.41. The van der Waals surface area contributed by atoms with Gasteiger partial charge in [0.1, 0.15) is 5.82 Å². The van der Waals surface area contributed by atoms with E-state index in [1.807, 2.05) is 0 Å². The Morgan fingerprint density at radius 1 is 1.03 bits per heavy atom. The summed E-state index contributed by atoms with van der Waals surface area (Å²) in [5.41, 5.74) is -0.206. The van der Waals surface area contributed by atoms with Crippen molar-refractivity contribution in [2.75, 3.05) is 38.2 Å². The average molecular weight is 501 g/mol. The molecule has 0 spiro atoms. The van der Waals surface area contributed by atoms with Gasteiger partial charge in [0, 0.05) is 63.1 Å². The number of benzene rings is 1. The van der Waals surface area contributed by atoms with E-state index in [1.54, 1.807) is 25.2 Å². The van der Waals surface area contributed by atoms with E-state index < -0.39 is 11.7 Å². The Bertz CT molecular complexity index is 1210. The number of aromatic nitrogens is 4. The van der Waals surface area contributed by atoms with E-state index in [4.69, 9.17) is 4.74 Å². The SMILES string of the molecule is Cn1cc2c(C(F)(F)F)c(-c3ccc(NC4C[C@@H]5CN(CC6CCOCC6)C[C@H]5C4)nn3)ccc2n1. The lowest BCUT2D eigenvalue weighted by Gasteiger charge is -2.27. The number of halogens is 3. The van der Waals surface area contributed by atoms with Gasteiger partial charge in [0.25, 0.3) is 0 Å². The highest BCUT2D eigenvalue weighted by molar-refractivity contribution is 5.89. The first-order valence-electron chi connectivity index (χ1n) is 12.8. The first kappa shape index (κ1) is 23.7. The molecular weight excluding hydrogens is 469 g/mol. The van der Waals surface area contributed by atoms with Crippen molar-refractivity contribution in [3.63, 3.8) is 0 Å². The van der Waals surface area contributed by atoms with Crippen molar-refractivity contribution < 1.29 is 17.9 Å². The quantitative estimate of drug-likeness (QED) is 0.553. The molecule has 0 unspecified atom stereocenters. The van der Waals surface area contributed by atoms with Crippen LogP contribution in [-0.2, 0) is 18.0 Å². The zero-order valence-electron chi connectivity index (χ0n) is 20.3. The maximum absolute atomic E-state index is 14.0. The van der Waals surface area contributed by atoms with E-state index in [0.717, 1.165) is 45.1 Å². The molecule has 2 aliphatic heterocycles. The summed E-state index contributed by atoms with van der Waals surface area (Å²) in [4.78, 5) is 2.63. The predicted octanol–water partition coefficient (Wildman–Crippen LogP) is 4.60. The van der Waals surface area contributed by atoms with E-state index in [9.17, 15) is 13.2 Å². The lowest BCUT2D eigenvalue weighted by atomic mass is 10.00. The summed E-state index contributed by atoms with van der Waals surface area (Å²) >= 11 is 0. The van der Waals surface area contributed by atoms with Crippen molar-refractivity contribution in [2.24, 2.45) is 24.8 Å². The third-order valence-electron chi connectivity index (χ3n) is 8.06. The fourth-order valence-corrected chi connectivity index (χ4v) is 6.45. The van der Waals surface area contributed by atoms with Crippen LogP contribution in [0.15, 0.2) is 30.5 Å². The van der Waals surface area contributed by atoms with Crippen molar-refractivity contribution in [3.8, 4) is 11.3 Å². The lowest BCUT2D eigenvalue weighted by molar-refractivity contribution is -0.135. The van der Waals surface area contributed by atoms with Gasteiger partial charge in [-0.3, -0.25) is 4.68 Å². The van der Waals surface area contributed by atoms with Crippen LogP contribution in [0.2, 0.25) is 0 Å². The smallest absolute Gasteiger partial charge is 0.381 e. The molecule has 1 saturated carbocycles. The molecule has 10 heteroatoms. The lowest BCUT2D eigenvalue weighted by Crippen LogP contribution is -2.32. The van der Waals surface area contributed by atoms with Crippen LogP contribution in [0.25, 0.3) is 22.2 Å². The van der Waals surface area contributed by atoms with Gasteiger partial charge >= 0.3 is 6.18 Å². The van der Waals surface area contributed by atoms with E-state index in [2.05, 4.69) is 25.5 Å². The molecule has 0 radical (unpaired) electrons. The molecule has 1 aliphatic carbocycles. The minimum Gasteiger partial charge on any atom is -0.381 e. The summed E-state index contributed by atoms with van der Waals surface area (Å²) in [5, 5.41) is 16.1. The Labute approximate surface area is 208 Å². The number of anilines is 1. The van der Waals surface area contributed by atoms with Gasteiger partial charge in [-0.15, -0.1) is 10.2 Å². The summed E-state index contributed by atoms with van der Waals surface area (Å²) in [6, 6.07) is 6.70. The van der Waals surface area contributed by atoms with Crippen LogP contribution in [-0.4, -0.2) is 63.8 Å². The van der Waals surface area contributed by atoms with Gasteiger partial charge in [-0.05, 0) is 67.7 Å². The monoisotopic (exact) mass is 500 g/mol. The van der Waals surface area contributed by atoms with Crippen LogP contribution in [0.4, 0.5) is 19.0 Å². The van der Waals surface area contributed by atoms with Crippen LogP contribution in [0.3, 0.4) is 0 Å². The second-order valence-corrected chi connectivity index (χ2v) is 10.6. The van der Waals surface area contributed by atoms with Crippen LogP contribution >= 0.6 is 0 Å². The number of nitrogens with zero attached hydrogens (tertiary/aromatic N) is 5. The molecule has 3 fully saturated rings. The topological polar surface area (TPSA) is 68.1 Å². The number of aryl methyl sites for hydroxylation is 1. The summed E-state index contributed by atoms with van der Waals surface area (Å²) in [6.07, 6.45) is 1.39. The minimum atomic E-state index is -4.53. The number of nitrogens with one attached hydrogen (secondary N) is 1. The fourth-order valence-electron chi connectivity index (χ4n) is 6.45. The van der Waals surface area contributed by atoms with E-state index >= 15 is 0 Å². The molecular formula is C26H31F3N6O. The Balaban J connectivity index is 1.11. The Hall–Kier alpha value is -2.72. The van der Waals surface area contributed by atoms with Crippen molar-refractivity contribution in [3.05, 3.63) is 36.0 Å². The molecule has 0 bridgehead atoms. The molecule has 192 valence electrons. The van der Waals surface area contributed by atoms with Gasteiger partial charge in [0.2, 0.25) is 0 Å². The Morgan fingerprint density at radius 3 is 2.44 bits per heavy atom. The third-order valence-corrected chi connectivity index (χ3v) is 8.06. The number of hydrogen-bond donors (Lipinski definition) is 1. The number of fused-ring (bicyclic) bond motifs is 2. The van der Waals surface area contributed by atoms with Gasteiger partial charge in [-0.1, -0.05) is 0 Å². The van der Waals surface area contributed by atoms with Crippen LogP contribution in [0, 0.1) is 17.8 Å². The first-order chi connectivity index (χ1) is 17.3. The molecule has 2 saturated heterocycles. The summed E-state index contributed by atoms with van der Waals surface area (Å²) in [6.45, 7) is 5.29. The molecule has 36 heavy (non-hydrogen) atoms. The zero-order chi connectivity index (χ0) is 24.9. The standard InChI is InChI=1S/C26H31F3N6O/c1-34-15-21-23(33-34)3-2-20(25(21)26(27,28)29)22-4-5-24(32-31-22)30-19-10-17-13-35(14-18(17)11-19)12-16-6-8-36-9-7-16/h2-5,15-19H,6-14H2,1H3,(H,30,32)/t17-,18-/m1/s1. The highest BCUT2D eigenvalue weighted by Crippen LogP contribution is 2.42. The van der Waals surface area contributed by atoms with Gasteiger partial charge in [0.15, 0.2) is 0 Å². The molecule has 4 heterocycles. The Morgan fingerprint density at radius 2 is 1.78 bits per heavy atom. The van der Waals surface area contributed by atoms with Crippen molar-refractivity contribution >= 4 is 16.7 Å². The molecule has 3 aromatic rings. The summed E-state index contributed by atoms with van der Waals surface area (Å²) in [5.74, 6) is 2.75. The minimum absolute atomic E-state index is 0.0158. The largest absolute Gasteiger partial charge is 0.417 e. The molecule has 6 rings (SSSR count). The second kappa shape index (κ2) is 9.30. The number of likely N-dealkylation sites (tertiary alicyclic amines) is 1. The van der Waals surface area contributed by atoms with Crippen LogP contribution < -0.4 is 5.32 Å². The second-order valence-electron chi connectivity index (χ2n) is 10.6. The van der Waals surface area contributed by atoms with Gasteiger partial charge < -0.3 is 15.0 Å². The maximum atomic E-state index is 14.0.